The fourth-order valence-electron chi connectivity index (χ4n) is 2.02. The maximum atomic E-state index is 12.9. The van der Waals surface area contributed by atoms with E-state index in [1.165, 1.54) is 31.3 Å². The van der Waals surface area contributed by atoms with Crippen molar-refractivity contribution in [2.45, 2.75) is 36.6 Å². The molecule has 0 radical (unpaired) electrons. The molecule has 0 unspecified atom stereocenters. The number of hydrogen-bond donors (Lipinski definition) is 3. The molecule has 3 N–H and O–H groups in total. The van der Waals surface area contributed by atoms with Crippen LogP contribution in [0.1, 0.15) is 19.4 Å². The van der Waals surface area contributed by atoms with Gasteiger partial charge in [-0.1, -0.05) is 24.8 Å². The van der Waals surface area contributed by atoms with Crippen LogP contribution in [0.15, 0.2) is 57.9 Å². The Morgan fingerprint density at radius 3 is 1.97 bits per heavy atom. The first-order valence-corrected chi connectivity index (χ1v) is 9.52. The van der Waals surface area contributed by atoms with Crippen LogP contribution < -0.4 is 15.6 Å². The number of sulfonamides is 1. The van der Waals surface area contributed by atoms with Gasteiger partial charge in [-0.3, -0.25) is 5.43 Å². The van der Waals surface area contributed by atoms with Gasteiger partial charge in [0.15, 0.2) is 0 Å². The Balaban J connectivity index is 2.94. The van der Waals surface area contributed by atoms with Gasteiger partial charge in [0.05, 0.1) is 10.6 Å². The third kappa shape index (κ3) is 5.72. The first-order chi connectivity index (χ1) is 13.6. The Kier molecular flexibility index (Phi) is 7.66. The van der Waals surface area contributed by atoms with E-state index in [9.17, 15) is 34.8 Å². The molecule has 0 saturated carbocycles. The van der Waals surface area contributed by atoms with Crippen LogP contribution >= 0.6 is 0 Å². The molecular formula is C16H19F6N5O2S. The van der Waals surface area contributed by atoms with Crippen LogP contribution in [0.5, 0.6) is 0 Å². The van der Waals surface area contributed by atoms with Crippen LogP contribution in [0.25, 0.3) is 5.70 Å². The molecule has 0 heterocycles. The van der Waals surface area contributed by atoms with Gasteiger partial charge in [0.25, 0.3) is 10.0 Å². The molecule has 0 fully saturated rings. The molecule has 0 aliphatic carbocycles. The van der Waals surface area contributed by atoms with Crippen molar-refractivity contribution >= 4 is 15.7 Å². The van der Waals surface area contributed by atoms with Gasteiger partial charge in [-0.15, -0.1) is 4.83 Å². The SMILES string of the molecule is C=C(NNS(=O)(=O)c1ccc(/C(=C/C)N=NC)cc1)NC(C)(C(F)(F)F)C(F)(F)F. The molecule has 30 heavy (non-hydrogen) atoms. The lowest BCUT2D eigenvalue weighted by atomic mass is 10.0. The summed E-state index contributed by atoms with van der Waals surface area (Å²) in [5.74, 6) is -1.06. The molecule has 0 amide bonds. The van der Waals surface area contributed by atoms with E-state index >= 15 is 0 Å². The molecule has 0 aliphatic heterocycles. The molecular weight excluding hydrogens is 440 g/mol. The molecule has 14 heteroatoms. The van der Waals surface area contributed by atoms with Gasteiger partial charge in [-0.25, -0.2) is 8.42 Å². The van der Waals surface area contributed by atoms with Crippen molar-refractivity contribution in [3.05, 3.63) is 48.3 Å². The van der Waals surface area contributed by atoms with E-state index in [-0.39, 0.29) is 11.8 Å². The third-order valence-corrected chi connectivity index (χ3v) is 5.08. The van der Waals surface area contributed by atoms with Gasteiger partial charge >= 0.3 is 12.4 Å². The largest absolute Gasteiger partial charge is 0.420 e. The Hall–Kier alpha value is -2.61. The predicted octanol–water partition coefficient (Wildman–Crippen LogP) is 3.86. The highest BCUT2D eigenvalue weighted by atomic mass is 32.2. The highest BCUT2D eigenvalue weighted by Crippen LogP contribution is 2.43. The molecule has 0 spiro atoms. The number of halogens is 6. The lowest BCUT2D eigenvalue weighted by molar-refractivity contribution is -0.299. The van der Waals surface area contributed by atoms with Crippen molar-refractivity contribution < 1.29 is 34.8 Å². The smallest absolute Gasteiger partial charge is 0.350 e. The van der Waals surface area contributed by atoms with Crippen LogP contribution in [0.2, 0.25) is 0 Å². The Bertz CT molecular complexity index is 907. The number of benzene rings is 1. The van der Waals surface area contributed by atoms with Gasteiger partial charge in [0.2, 0.25) is 5.54 Å². The molecule has 0 aliphatic rings. The zero-order valence-corrected chi connectivity index (χ0v) is 16.8. The number of alkyl halides is 6. The standard InChI is InChI=1S/C16H19F6N5O2S/c1-5-13(26-23-4)11-6-8-12(9-7-11)30(28,29)27-25-10(2)24-14(3,15(17,18)19)16(20,21)22/h5-9,24-25,27H,2H2,1,3-4H3/b13-5-,26-23?. The topological polar surface area (TPSA) is 95.0 Å². The summed E-state index contributed by atoms with van der Waals surface area (Å²) < 4.78 is 102. The average Bonchev–Trinajstić information content (AvgIpc) is 2.63. The maximum absolute atomic E-state index is 12.9. The summed E-state index contributed by atoms with van der Waals surface area (Å²) in [5, 5.41) is 8.58. The first-order valence-electron chi connectivity index (χ1n) is 8.04. The number of hydrazine groups is 1. The van der Waals surface area contributed by atoms with E-state index in [0.29, 0.717) is 11.3 Å². The molecule has 1 aromatic carbocycles. The van der Waals surface area contributed by atoms with Crippen LogP contribution in [-0.4, -0.2) is 33.4 Å². The minimum atomic E-state index is -5.73. The Labute approximate surface area is 169 Å². The molecule has 0 saturated heterocycles. The number of azo groups is 1. The normalized spacial score (nSPS) is 14.1. The molecule has 168 valence electrons. The van der Waals surface area contributed by atoms with Crippen LogP contribution in [0, 0.1) is 0 Å². The number of rotatable bonds is 8. The second-order valence-electron chi connectivity index (χ2n) is 5.95. The summed E-state index contributed by atoms with van der Waals surface area (Å²) in [6, 6.07) is 5.13. The van der Waals surface area contributed by atoms with Crippen molar-refractivity contribution in [3.8, 4) is 0 Å². The van der Waals surface area contributed by atoms with E-state index in [0.717, 1.165) is 5.32 Å². The van der Waals surface area contributed by atoms with Crippen molar-refractivity contribution in [2.24, 2.45) is 10.2 Å². The summed E-state index contributed by atoms with van der Waals surface area (Å²) >= 11 is 0. The van der Waals surface area contributed by atoms with Crippen LogP contribution in [0.3, 0.4) is 0 Å². The summed E-state index contributed by atoms with van der Waals surface area (Å²) in [6.45, 7) is 4.50. The van der Waals surface area contributed by atoms with E-state index in [1.54, 1.807) is 23.3 Å². The van der Waals surface area contributed by atoms with E-state index in [2.05, 4.69) is 16.8 Å². The highest BCUT2D eigenvalue weighted by Gasteiger charge is 2.68. The van der Waals surface area contributed by atoms with Crippen molar-refractivity contribution in [1.29, 1.82) is 0 Å². The second kappa shape index (κ2) is 9.04. The fourth-order valence-corrected chi connectivity index (χ4v) is 2.89. The van der Waals surface area contributed by atoms with Gasteiger partial charge in [-0.05, 0) is 26.0 Å². The van der Waals surface area contributed by atoms with Gasteiger partial charge in [-0.2, -0.15) is 36.6 Å². The Morgan fingerprint density at radius 2 is 1.57 bits per heavy atom. The molecule has 0 aromatic heterocycles. The zero-order valence-electron chi connectivity index (χ0n) is 16.0. The quantitative estimate of drug-likeness (QED) is 0.313. The summed E-state index contributed by atoms with van der Waals surface area (Å²) in [6.07, 6.45) is -9.83. The lowest BCUT2D eigenvalue weighted by Crippen LogP contribution is -2.65. The maximum Gasteiger partial charge on any atom is 0.420 e. The minimum Gasteiger partial charge on any atom is -0.350 e. The monoisotopic (exact) mass is 459 g/mol. The van der Waals surface area contributed by atoms with Gasteiger partial charge in [0, 0.05) is 12.6 Å². The predicted molar refractivity (Wildman–Crippen MR) is 97.1 cm³/mol. The number of nitrogens with one attached hydrogen (secondary N) is 3. The molecule has 0 atom stereocenters. The Morgan fingerprint density at radius 1 is 1.07 bits per heavy atom. The van der Waals surface area contributed by atoms with Crippen molar-refractivity contribution in [3.63, 3.8) is 0 Å². The van der Waals surface area contributed by atoms with Crippen molar-refractivity contribution in [2.75, 3.05) is 7.05 Å². The number of nitrogens with zero attached hydrogens (tertiary/aromatic N) is 2. The first kappa shape index (κ1) is 25.4. The van der Waals surface area contributed by atoms with Crippen LogP contribution in [-0.2, 0) is 10.0 Å². The summed E-state index contributed by atoms with van der Waals surface area (Å²) in [5.41, 5.74) is -1.66. The van der Waals surface area contributed by atoms with Crippen LogP contribution in [0.4, 0.5) is 26.3 Å². The zero-order chi connectivity index (χ0) is 23.4. The molecule has 7 nitrogen and oxygen atoms in total. The average molecular weight is 459 g/mol. The van der Waals surface area contributed by atoms with E-state index < -0.39 is 33.7 Å². The summed E-state index contributed by atoms with van der Waals surface area (Å²) in [4.78, 5) is 1.34. The molecule has 1 rings (SSSR count). The number of allylic oxidation sites excluding steroid dienone is 1. The lowest BCUT2D eigenvalue weighted by Gasteiger charge is -2.36. The summed E-state index contributed by atoms with van der Waals surface area (Å²) in [7, 11) is -2.90. The molecule has 0 bridgehead atoms. The fraction of sp³-hybridized carbons (Fsp3) is 0.375. The number of hydrogen-bond acceptors (Lipinski definition) is 6. The third-order valence-electron chi connectivity index (χ3n) is 3.81. The van der Waals surface area contributed by atoms with Gasteiger partial charge in [0.1, 0.15) is 5.82 Å². The van der Waals surface area contributed by atoms with Gasteiger partial charge < -0.3 is 5.32 Å². The minimum absolute atomic E-state index is 0.139. The van der Waals surface area contributed by atoms with E-state index in [4.69, 9.17) is 0 Å². The van der Waals surface area contributed by atoms with Crippen molar-refractivity contribution in [1.82, 2.24) is 15.6 Å². The van der Waals surface area contributed by atoms with E-state index in [1.807, 2.05) is 0 Å². The second-order valence-corrected chi connectivity index (χ2v) is 7.64. The highest BCUT2D eigenvalue weighted by molar-refractivity contribution is 7.89. The molecule has 1 aromatic rings.